The van der Waals surface area contributed by atoms with Crippen molar-refractivity contribution in [1.29, 1.82) is 0 Å². The number of nitrogens with one attached hydrogen (secondary N) is 3. The van der Waals surface area contributed by atoms with Crippen molar-refractivity contribution in [3.05, 3.63) is 60.3 Å². The number of carbonyl (C=O) groups is 2. The summed E-state index contributed by atoms with van der Waals surface area (Å²) in [5.41, 5.74) is 1.43. The molecule has 8 nitrogen and oxygen atoms in total. The molecule has 1 aliphatic heterocycles. The predicted octanol–water partition coefficient (Wildman–Crippen LogP) is 2.83. The van der Waals surface area contributed by atoms with Gasteiger partial charge in [-0.05, 0) is 24.3 Å². The van der Waals surface area contributed by atoms with Crippen LogP contribution in [0.3, 0.4) is 0 Å². The molecule has 1 fully saturated rings. The molecule has 0 aliphatic carbocycles. The molecular weight excluding hydrogens is 374 g/mol. The Balaban J connectivity index is 1.97. The van der Waals surface area contributed by atoms with Crippen LogP contribution in [0.1, 0.15) is 11.6 Å². The number of rotatable bonds is 6. The Hall–Kier alpha value is -3.68. The lowest BCUT2D eigenvalue weighted by molar-refractivity contribution is -0.119. The number of urea groups is 1. The van der Waals surface area contributed by atoms with Gasteiger partial charge in [0.25, 0.3) is 0 Å². The first-order valence-electron chi connectivity index (χ1n) is 8.90. The van der Waals surface area contributed by atoms with Gasteiger partial charge in [0.2, 0.25) is 5.91 Å². The molecule has 0 bridgehead atoms. The Kier molecular flexibility index (Phi) is 5.92. The SMILES string of the molecule is C=C1NC(=O)N[C@@H](c2ccc(OC)cc2OC)[C@H]1C(=O)Nc1ccccc1OC. The van der Waals surface area contributed by atoms with Crippen LogP contribution in [0, 0.1) is 5.92 Å². The van der Waals surface area contributed by atoms with Gasteiger partial charge in [0.05, 0.1) is 33.1 Å². The zero-order chi connectivity index (χ0) is 21.0. The van der Waals surface area contributed by atoms with Crippen molar-refractivity contribution < 1.29 is 23.8 Å². The zero-order valence-corrected chi connectivity index (χ0v) is 16.4. The second kappa shape index (κ2) is 8.55. The van der Waals surface area contributed by atoms with Crippen molar-refractivity contribution in [2.24, 2.45) is 5.92 Å². The summed E-state index contributed by atoms with van der Waals surface area (Å²) in [5, 5.41) is 8.23. The molecule has 0 aromatic heterocycles. The summed E-state index contributed by atoms with van der Waals surface area (Å²) in [6, 6.07) is 11.1. The quantitative estimate of drug-likeness (QED) is 0.696. The van der Waals surface area contributed by atoms with E-state index in [1.165, 1.54) is 14.2 Å². The molecule has 1 saturated heterocycles. The van der Waals surface area contributed by atoms with Crippen LogP contribution in [0.5, 0.6) is 17.2 Å². The first-order chi connectivity index (χ1) is 14.0. The van der Waals surface area contributed by atoms with Gasteiger partial charge in [-0.1, -0.05) is 18.7 Å². The van der Waals surface area contributed by atoms with Crippen molar-refractivity contribution >= 4 is 17.6 Å². The first kappa shape index (κ1) is 20.1. The van der Waals surface area contributed by atoms with Gasteiger partial charge in [-0.25, -0.2) is 4.79 Å². The lowest BCUT2D eigenvalue weighted by Gasteiger charge is -2.34. The van der Waals surface area contributed by atoms with Gasteiger partial charge in [0.1, 0.15) is 23.2 Å². The van der Waals surface area contributed by atoms with E-state index in [0.717, 1.165) is 0 Å². The summed E-state index contributed by atoms with van der Waals surface area (Å²) in [6.45, 7) is 3.89. The van der Waals surface area contributed by atoms with E-state index in [9.17, 15) is 9.59 Å². The summed E-state index contributed by atoms with van der Waals surface area (Å²) in [4.78, 5) is 25.3. The standard InChI is InChI=1S/C21H23N3O5/c1-12-18(20(25)23-15-7-5-6-8-16(15)28-3)19(24-21(26)22-12)14-10-9-13(27-2)11-17(14)29-4/h5-11,18-19H,1H2,2-4H3,(H,23,25)(H2,22,24,26)/t18-,19-/m0/s1. The number of methoxy groups -OCH3 is 3. The van der Waals surface area contributed by atoms with Gasteiger partial charge < -0.3 is 30.2 Å². The molecule has 152 valence electrons. The van der Waals surface area contributed by atoms with Crippen LogP contribution in [0.15, 0.2) is 54.7 Å². The maximum Gasteiger partial charge on any atom is 0.319 e. The fraction of sp³-hybridized carbons (Fsp3) is 0.238. The summed E-state index contributed by atoms with van der Waals surface area (Å²) in [6.07, 6.45) is 0. The fourth-order valence-corrected chi connectivity index (χ4v) is 3.29. The van der Waals surface area contributed by atoms with E-state index in [1.54, 1.807) is 49.6 Å². The maximum absolute atomic E-state index is 13.2. The van der Waals surface area contributed by atoms with Gasteiger partial charge in [-0.3, -0.25) is 4.79 Å². The average molecular weight is 397 g/mol. The summed E-state index contributed by atoms with van der Waals surface area (Å²) in [7, 11) is 4.59. The van der Waals surface area contributed by atoms with Gasteiger partial charge >= 0.3 is 6.03 Å². The van der Waals surface area contributed by atoms with E-state index in [0.29, 0.717) is 28.5 Å². The number of hydrogen-bond donors (Lipinski definition) is 3. The van der Waals surface area contributed by atoms with Crippen LogP contribution in [-0.2, 0) is 4.79 Å². The van der Waals surface area contributed by atoms with Crippen LogP contribution in [0.4, 0.5) is 10.5 Å². The van der Waals surface area contributed by atoms with Gasteiger partial charge in [-0.15, -0.1) is 0 Å². The summed E-state index contributed by atoms with van der Waals surface area (Å²) < 4.78 is 16.0. The molecule has 2 atom stereocenters. The number of ether oxygens (including phenoxy) is 3. The topological polar surface area (TPSA) is 97.9 Å². The minimum atomic E-state index is -0.792. The molecule has 8 heteroatoms. The van der Waals surface area contributed by atoms with E-state index in [4.69, 9.17) is 14.2 Å². The van der Waals surface area contributed by atoms with Crippen molar-refractivity contribution in [2.75, 3.05) is 26.6 Å². The molecule has 3 amide bonds. The molecule has 3 rings (SSSR count). The lowest BCUT2D eigenvalue weighted by atomic mass is 9.87. The van der Waals surface area contributed by atoms with E-state index in [2.05, 4.69) is 22.5 Å². The second-order valence-electron chi connectivity index (χ2n) is 6.38. The Morgan fingerprint density at radius 1 is 1.03 bits per heavy atom. The highest BCUT2D eigenvalue weighted by Gasteiger charge is 2.39. The van der Waals surface area contributed by atoms with Gasteiger partial charge in [0.15, 0.2) is 0 Å². The Labute approximate surface area is 168 Å². The number of hydrogen-bond acceptors (Lipinski definition) is 5. The Morgan fingerprint density at radius 2 is 1.76 bits per heavy atom. The highest BCUT2D eigenvalue weighted by atomic mass is 16.5. The van der Waals surface area contributed by atoms with E-state index in [-0.39, 0.29) is 11.6 Å². The normalized spacial score (nSPS) is 18.3. The van der Waals surface area contributed by atoms with E-state index >= 15 is 0 Å². The highest BCUT2D eigenvalue weighted by Crippen LogP contribution is 2.37. The maximum atomic E-state index is 13.2. The van der Waals surface area contributed by atoms with Crippen molar-refractivity contribution in [3.63, 3.8) is 0 Å². The van der Waals surface area contributed by atoms with Crippen LogP contribution in [-0.4, -0.2) is 33.3 Å². The monoisotopic (exact) mass is 397 g/mol. The molecule has 2 aromatic rings. The van der Waals surface area contributed by atoms with E-state index in [1.807, 2.05) is 0 Å². The lowest BCUT2D eigenvalue weighted by Crippen LogP contribution is -2.51. The van der Waals surface area contributed by atoms with Crippen molar-refractivity contribution in [2.45, 2.75) is 6.04 Å². The summed E-state index contributed by atoms with van der Waals surface area (Å²) in [5.74, 6) is 0.465. The average Bonchev–Trinajstić information content (AvgIpc) is 2.72. The van der Waals surface area contributed by atoms with Crippen molar-refractivity contribution in [3.8, 4) is 17.2 Å². The highest BCUT2D eigenvalue weighted by molar-refractivity contribution is 5.98. The molecule has 1 aliphatic rings. The largest absolute Gasteiger partial charge is 0.497 e. The molecule has 0 unspecified atom stereocenters. The third-order valence-electron chi connectivity index (χ3n) is 4.69. The molecule has 0 radical (unpaired) electrons. The number of anilines is 1. The first-order valence-corrected chi connectivity index (χ1v) is 8.90. The van der Waals surface area contributed by atoms with Crippen LogP contribution < -0.4 is 30.2 Å². The number of para-hydroxylation sites is 2. The fourth-order valence-electron chi connectivity index (χ4n) is 3.29. The molecule has 1 heterocycles. The third kappa shape index (κ3) is 4.11. The third-order valence-corrected chi connectivity index (χ3v) is 4.69. The zero-order valence-electron chi connectivity index (χ0n) is 16.4. The number of amides is 3. The second-order valence-corrected chi connectivity index (χ2v) is 6.38. The number of benzene rings is 2. The Bertz CT molecular complexity index is 944. The molecular formula is C21H23N3O5. The van der Waals surface area contributed by atoms with Crippen molar-refractivity contribution in [1.82, 2.24) is 10.6 Å². The number of carbonyl (C=O) groups excluding carboxylic acids is 2. The molecule has 2 aromatic carbocycles. The minimum absolute atomic E-state index is 0.281. The molecule has 3 N–H and O–H groups in total. The van der Waals surface area contributed by atoms with E-state index < -0.39 is 18.0 Å². The van der Waals surface area contributed by atoms with Crippen LogP contribution in [0.2, 0.25) is 0 Å². The smallest absolute Gasteiger partial charge is 0.319 e. The Morgan fingerprint density at radius 3 is 2.45 bits per heavy atom. The summed E-state index contributed by atoms with van der Waals surface area (Å²) >= 11 is 0. The van der Waals surface area contributed by atoms with Crippen LogP contribution in [0.25, 0.3) is 0 Å². The van der Waals surface area contributed by atoms with Crippen LogP contribution >= 0.6 is 0 Å². The minimum Gasteiger partial charge on any atom is -0.497 e. The molecule has 29 heavy (non-hydrogen) atoms. The molecule has 0 spiro atoms. The van der Waals surface area contributed by atoms with Gasteiger partial charge in [0, 0.05) is 17.3 Å². The van der Waals surface area contributed by atoms with Gasteiger partial charge in [-0.2, -0.15) is 0 Å². The molecule has 0 saturated carbocycles. The predicted molar refractivity (Wildman–Crippen MR) is 108 cm³/mol.